The van der Waals surface area contributed by atoms with E-state index >= 15 is 0 Å². The van der Waals surface area contributed by atoms with Crippen LogP contribution in [0.25, 0.3) is 11.3 Å². The lowest BCUT2D eigenvalue weighted by Crippen LogP contribution is -2.10. The Bertz CT molecular complexity index is 863. The Morgan fingerprint density at radius 3 is 2.54 bits per heavy atom. The summed E-state index contributed by atoms with van der Waals surface area (Å²) in [5.74, 6) is 0.774. The largest absolute Gasteiger partial charge is 0.508 e. The molecule has 5 heteroatoms. The molecule has 0 saturated carbocycles. The summed E-state index contributed by atoms with van der Waals surface area (Å²) in [6.07, 6.45) is 1.72. The van der Waals surface area contributed by atoms with E-state index in [1.54, 1.807) is 18.3 Å². The van der Waals surface area contributed by atoms with Gasteiger partial charge in [0.2, 0.25) is 5.95 Å². The van der Waals surface area contributed by atoms with Crippen molar-refractivity contribution in [1.82, 2.24) is 15.0 Å². The van der Waals surface area contributed by atoms with Crippen molar-refractivity contribution in [3.05, 3.63) is 65.6 Å². The van der Waals surface area contributed by atoms with Crippen LogP contribution in [0.2, 0.25) is 0 Å². The van der Waals surface area contributed by atoms with Crippen LogP contribution in [0.4, 0.5) is 5.95 Å². The second-order valence-corrected chi connectivity index (χ2v) is 5.78. The topological polar surface area (TPSA) is 70.9 Å². The van der Waals surface area contributed by atoms with E-state index in [2.05, 4.69) is 20.3 Å². The van der Waals surface area contributed by atoms with Crippen molar-refractivity contribution >= 4 is 5.95 Å². The van der Waals surface area contributed by atoms with E-state index in [0.717, 1.165) is 28.2 Å². The average molecular weight is 320 g/mol. The van der Waals surface area contributed by atoms with E-state index in [9.17, 15) is 5.11 Å². The predicted molar refractivity (Wildman–Crippen MR) is 94.9 cm³/mol. The van der Waals surface area contributed by atoms with Crippen LogP contribution in [0.5, 0.6) is 5.75 Å². The highest BCUT2D eigenvalue weighted by Crippen LogP contribution is 2.26. The quantitative estimate of drug-likeness (QED) is 0.759. The van der Waals surface area contributed by atoms with Crippen molar-refractivity contribution in [1.29, 1.82) is 0 Å². The van der Waals surface area contributed by atoms with Gasteiger partial charge in [-0.25, -0.2) is 9.97 Å². The van der Waals surface area contributed by atoms with Crippen LogP contribution < -0.4 is 5.32 Å². The van der Waals surface area contributed by atoms with E-state index < -0.39 is 0 Å². The molecule has 0 aliphatic heterocycles. The normalized spacial score (nSPS) is 12.0. The molecule has 0 saturated heterocycles. The number of hydrogen-bond acceptors (Lipinski definition) is 5. The van der Waals surface area contributed by atoms with Gasteiger partial charge in [-0.05, 0) is 45.0 Å². The van der Waals surface area contributed by atoms with E-state index in [-0.39, 0.29) is 11.8 Å². The van der Waals surface area contributed by atoms with Crippen LogP contribution >= 0.6 is 0 Å². The second kappa shape index (κ2) is 6.66. The Morgan fingerprint density at radius 2 is 1.79 bits per heavy atom. The summed E-state index contributed by atoms with van der Waals surface area (Å²) < 4.78 is 0. The van der Waals surface area contributed by atoms with Gasteiger partial charge in [0.15, 0.2) is 0 Å². The fraction of sp³-hybridized carbons (Fsp3) is 0.211. The maximum atomic E-state index is 9.96. The van der Waals surface area contributed by atoms with E-state index in [1.165, 1.54) is 0 Å². The predicted octanol–water partition coefficient (Wildman–Crippen LogP) is 4.03. The van der Waals surface area contributed by atoms with Gasteiger partial charge in [-0.2, -0.15) is 0 Å². The lowest BCUT2D eigenvalue weighted by Gasteiger charge is -2.16. The van der Waals surface area contributed by atoms with Gasteiger partial charge in [-0.3, -0.25) is 4.98 Å². The van der Waals surface area contributed by atoms with Crippen molar-refractivity contribution in [2.75, 3.05) is 5.32 Å². The standard InChI is InChI=1S/C19H20N4O/c1-12-8-9-15(13(2)21-12)17-10-11-20-19(23-17)22-14(3)16-6-4-5-7-18(16)24/h4-11,14,24H,1-3H3,(H,20,22,23). The molecule has 0 spiro atoms. The number of phenols is 1. The lowest BCUT2D eigenvalue weighted by atomic mass is 10.1. The Hall–Kier alpha value is -2.95. The summed E-state index contributed by atoms with van der Waals surface area (Å²) in [6, 6.07) is 13.0. The number of rotatable bonds is 4. The third-order valence-electron chi connectivity index (χ3n) is 3.91. The van der Waals surface area contributed by atoms with Crippen molar-refractivity contribution < 1.29 is 5.11 Å². The monoisotopic (exact) mass is 320 g/mol. The molecule has 0 radical (unpaired) electrons. The molecule has 2 aromatic heterocycles. The molecule has 5 nitrogen and oxygen atoms in total. The zero-order valence-electron chi connectivity index (χ0n) is 14.0. The highest BCUT2D eigenvalue weighted by molar-refractivity contribution is 5.62. The number of para-hydroxylation sites is 1. The first-order chi connectivity index (χ1) is 11.5. The minimum Gasteiger partial charge on any atom is -0.508 e. The number of nitrogens with zero attached hydrogens (tertiary/aromatic N) is 3. The summed E-state index contributed by atoms with van der Waals surface area (Å²) in [7, 11) is 0. The van der Waals surface area contributed by atoms with Gasteiger partial charge in [0, 0.05) is 28.7 Å². The smallest absolute Gasteiger partial charge is 0.223 e. The second-order valence-electron chi connectivity index (χ2n) is 5.78. The van der Waals surface area contributed by atoms with Crippen LogP contribution in [-0.4, -0.2) is 20.1 Å². The highest BCUT2D eigenvalue weighted by atomic mass is 16.3. The highest BCUT2D eigenvalue weighted by Gasteiger charge is 2.12. The Kier molecular flexibility index (Phi) is 4.42. The molecule has 0 aliphatic rings. The summed E-state index contributed by atoms with van der Waals surface area (Å²) in [4.78, 5) is 13.4. The number of benzene rings is 1. The molecule has 0 bridgehead atoms. The SMILES string of the molecule is Cc1ccc(-c2ccnc(NC(C)c3ccccc3O)n2)c(C)n1. The van der Waals surface area contributed by atoms with Crippen LogP contribution in [0.1, 0.15) is 29.9 Å². The van der Waals surface area contributed by atoms with Gasteiger partial charge < -0.3 is 10.4 Å². The van der Waals surface area contributed by atoms with Gasteiger partial charge in [-0.15, -0.1) is 0 Å². The number of phenolic OH excluding ortho intramolecular Hbond substituents is 1. The molecule has 122 valence electrons. The number of anilines is 1. The third kappa shape index (κ3) is 3.35. The number of aryl methyl sites for hydroxylation is 2. The van der Waals surface area contributed by atoms with Gasteiger partial charge >= 0.3 is 0 Å². The number of aromatic hydroxyl groups is 1. The molecule has 0 aliphatic carbocycles. The minimum absolute atomic E-state index is 0.112. The molecule has 1 unspecified atom stereocenters. The summed E-state index contributed by atoms with van der Waals surface area (Å²) in [5, 5.41) is 13.2. The van der Waals surface area contributed by atoms with Gasteiger partial charge in [0.1, 0.15) is 5.75 Å². The zero-order valence-corrected chi connectivity index (χ0v) is 14.0. The minimum atomic E-state index is -0.112. The van der Waals surface area contributed by atoms with Crippen molar-refractivity contribution in [2.24, 2.45) is 0 Å². The average Bonchev–Trinajstić information content (AvgIpc) is 2.55. The summed E-state index contributed by atoms with van der Waals surface area (Å²) in [5.41, 5.74) is 4.54. The number of hydrogen-bond donors (Lipinski definition) is 2. The summed E-state index contributed by atoms with van der Waals surface area (Å²) >= 11 is 0. The van der Waals surface area contributed by atoms with E-state index in [1.807, 2.05) is 51.1 Å². The molecule has 24 heavy (non-hydrogen) atoms. The molecule has 0 fully saturated rings. The molecule has 3 rings (SSSR count). The first kappa shape index (κ1) is 15.9. The fourth-order valence-corrected chi connectivity index (χ4v) is 2.66. The van der Waals surface area contributed by atoms with Crippen molar-refractivity contribution in [3.63, 3.8) is 0 Å². The van der Waals surface area contributed by atoms with Crippen LogP contribution in [0.3, 0.4) is 0 Å². The van der Waals surface area contributed by atoms with E-state index in [4.69, 9.17) is 0 Å². The maximum Gasteiger partial charge on any atom is 0.223 e. The van der Waals surface area contributed by atoms with E-state index in [0.29, 0.717) is 5.95 Å². The number of pyridine rings is 1. The van der Waals surface area contributed by atoms with Crippen LogP contribution in [0.15, 0.2) is 48.7 Å². The third-order valence-corrected chi connectivity index (χ3v) is 3.91. The molecule has 3 aromatic rings. The lowest BCUT2D eigenvalue weighted by molar-refractivity contribution is 0.465. The first-order valence-electron chi connectivity index (χ1n) is 7.86. The van der Waals surface area contributed by atoms with Crippen LogP contribution in [-0.2, 0) is 0 Å². The van der Waals surface area contributed by atoms with Gasteiger partial charge in [-0.1, -0.05) is 18.2 Å². The number of nitrogens with one attached hydrogen (secondary N) is 1. The Morgan fingerprint density at radius 1 is 1.00 bits per heavy atom. The molecular formula is C19H20N4O. The first-order valence-corrected chi connectivity index (χ1v) is 7.86. The molecule has 2 N–H and O–H groups in total. The van der Waals surface area contributed by atoms with Crippen LogP contribution in [0, 0.1) is 13.8 Å². The summed E-state index contributed by atoms with van der Waals surface area (Å²) in [6.45, 7) is 5.91. The van der Waals surface area contributed by atoms with Crippen molar-refractivity contribution in [2.45, 2.75) is 26.8 Å². The van der Waals surface area contributed by atoms with Crippen molar-refractivity contribution in [3.8, 4) is 17.0 Å². The molecular weight excluding hydrogens is 300 g/mol. The van der Waals surface area contributed by atoms with Gasteiger partial charge in [0.25, 0.3) is 0 Å². The molecule has 1 aromatic carbocycles. The molecule has 0 amide bonds. The molecule has 2 heterocycles. The Labute approximate surface area is 141 Å². The zero-order chi connectivity index (χ0) is 17.1. The van der Waals surface area contributed by atoms with Gasteiger partial charge in [0.05, 0.1) is 11.7 Å². The number of aromatic nitrogens is 3. The molecule has 1 atom stereocenters. The Balaban J connectivity index is 1.87. The fourth-order valence-electron chi connectivity index (χ4n) is 2.66. The maximum absolute atomic E-state index is 9.96.